The van der Waals surface area contributed by atoms with Crippen molar-refractivity contribution in [3.8, 4) is 0 Å². The molecule has 0 radical (unpaired) electrons. The zero-order valence-electron chi connectivity index (χ0n) is 8.80. The van der Waals surface area contributed by atoms with Gasteiger partial charge in [-0.2, -0.15) is 0 Å². The zero-order valence-corrected chi connectivity index (χ0v) is 9.70. The van der Waals surface area contributed by atoms with Gasteiger partial charge in [0.2, 0.25) is 6.23 Å². The normalized spacial score (nSPS) is 46.2. The van der Waals surface area contributed by atoms with Gasteiger partial charge in [0.05, 0.1) is 20.6 Å². The maximum absolute atomic E-state index is 11.8. The monoisotopic (exact) mass is 222 g/mol. The average molecular weight is 222 g/mol. The van der Waals surface area contributed by atoms with Gasteiger partial charge in [-0.05, 0) is 12.8 Å². The highest BCUT2D eigenvalue weighted by Gasteiger charge is 2.54. The molecular weight excluding hydrogens is 205 g/mol. The summed E-state index contributed by atoms with van der Waals surface area (Å²) in [5, 5.41) is 0. The lowest BCUT2D eigenvalue weighted by Crippen LogP contribution is -2.56. The second kappa shape index (κ2) is 3.29. The van der Waals surface area contributed by atoms with E-state index in [4.69, 9.17) is 13.6 Å². The Morgan fingerprint density at radius 2 is 2.14 bits per heavy atom. The predicted molar refractivity (Wildman–Crippen MR) is 50.6 cm³/mol. The Balaban J connectivity index is 2.20. The molecule has 3 unspecified atom stereocenters. The number of nitrogens with zero attached hydrogens (tertiary/aromatic N) is 1. The highest BCUT2D eigenvalue weighted by molar-refractivity contribution is 7.48. The number of phosphoric acid groups is 1. The minimum atomic E-state index is -3.25. The van der Waals surface area contributed by atoms with Gasteiger partial charge in [0.1, 0.15) is 6.10 Å². The lowest BCUT2D eigenvalue weighted by atomic mass is 10.1. The van der Waals surface area contributed by atoms with E-state index in [-0.39, 0.29) is 12.3 Å². The molecule has 0 spiro atoms. The number of piperidine rings is 1. The van der Waals surface area contributed by atoms with Crippen molar-refractivity contribution in [1.82, 2.24) is 0 Å². The lowest BCUT2D eigenvalue weighted by Gasteiger charge is -2.39. The van der Waals surface area contributed by atoms with Gasteiger partial charge in [0.15, 0.2) is 0 Å². The predicted octanol–water partition coefficient (Wildman–Crippen LogP) is 1.35. The van der Waals surface area contributed by atoms with Crippen molar-refractivity contribution in [1.29, 1.82) is 0 Å². The van der Waals surface area contributed by atoms with Crippen LogP contribution in [0, 0.1) is 0 Å². The maximum Gasteiger partial charge on any atom is 0.479 e. The summed E-state index contributed by atoms with van der Waals surface area (Å²) in [6.45, 7) is 1.02. The summed E-state index contributed by atoms with van der Waals surface area (Å²) in [6, 6.07) is 0. The first-order valence-corrected chi connectivity index (χ1v) is 6.28. The van der Waals surface area contributed by atoms with E-state index < -0.39 is 7.82 Å². The van der Waals surface area contributed by atoms with Gasteiger partial charge in [-0.15, -0.1) is 0 Å². The topological polar surface area (TPSA) is 44.8 Å². The van der Waals surface area contributed by atoms with Crippen LogP contribution in [0.4, 0.5) is 0 Å². The third-order valence-corrected chi connectivity index (χ3v) is 4.41. The van der Waals surface area contributed by atoms with E-state index in [0.29, 0.717) is 4.48 Å². The molecule has 0 N–H and O–H groups in total. The molecule has 2 aliphatic rings. The summed E-state index contributed by atoms with van der Waals surface area (Å²) in [5.41, 5.74) is 0. The number of fused-ring (bicyclic) bond motifs is 1. The number of hydrogen-bond acceptors (Lipinski definition) is 4. The molecule has 0 aromatic heterocycles. The van der Waals surface area contributed by atoms with E-state index in [1.165, 1.54) is 7.11 Å². The minimum absolute atomic E-state index is 0.0791. The maximum atomic E-state index is 11.8. The highest BCUT2D eigenvalue weighted by atomic mass is 31.2. The summed E-state index contributed by atoms with van der Waals surface area (Å²) < 4.78 is 28.0. The van der Waals surface area contributed by atoms with Gasteiger partial charge < -0.3 is 4.48 Å². The third-order valence-electron chi connectivity index (χ3n) is 2.96. The quantitative estimate of drug-likeness (QED) is 0.496. The highest BCUT2D eigenvalue weighted by Crippen LogP contribution is 2.59. The Hall–Kier alpha value is 0.0700. The summed E-state index contributed by atoms with van der Waals surface area (Å²) in [5.74, 6) is 0. The smallest absolute Gasteiger partial charge is 0.301 e. The SMILES string of the molecule is COP1(=O)OC2CCC[N+](C)(C)C2O1. The van der Waals surface area contributed by atoms with E-state index in [9.17, 15) is 4.57 Å². The fraction of sp³-hybridized carbons (Fsp3) is 1.00. The van der Waals surface area contributed by atoms with Gasteiger partial charge in [0, 0.05) is 7.11 Å². The Kier molecular flexibility index (Phi) is 2.48. The zero-order chi connectivity index (χ0) is 10.4. The lowest BCUT2D eigenvalue weighted by molar-refractivity contribution is -0.939. The molecule has 14 heavy (non-hydrogen) atoms. The summed E-state index contributed by atoms with van der Waals surface area (Å²) in [7, 11) is 2.23. The van der Waals surface area contributed by atoms with Crippen molar-refractivity contribution in [3.05, 3.63) is 0 Å². The van der Waals surface area contributed by atoms with Crippen molar-refractivity contribution in [2.75, 3.05) is 27.7 Å². The molecule has 0 aromatic rings. The van der Waals surface area contributed by atoms with Crippen LogP contribution in [0.2, 0.25) is 0 Å². The molecule has 0 aliphatic carbocycles. The molecule has 2 saturated heterocycles. The van der Waals surface area contributed by atoms with Gasteiger partial charge in [0.25, 0.3) is 0 Å². The van der Waals surface area contributed by atoms with Crippen LogP contribution in [0.15, 0.2) is 0 Å². The molecular formula is C8H17NO4P+. The Morgan fingerprint density at radius 3 is 2.71 bits per heavy atom. The molecule has 2 fully saturated rings. The van der Waals surface area contributed by atoms with Crippen LogP contribution < -0.4 is 0 Å². The molecule has 0 bridgehead atoms. The fourth-order valence-corrected chi connectivity index (χ4v) is 3.55. The van der Waals surface area contributed by atoms with Crippen LogP contribution in [0.3, 0.4) is 0 Å². The summed E-state index contributed by atoms with van der Waals surface area (Å²) in [4.78, 5) is 0. The fourth-order valence-electron chi connectivity index (χ4n) is 2.13. The van der Waals surface area contributed by atoms with Crippen LogP contribution >= 0.6 is 7.82 Å². The molecule has 0 saturated carbocycles. The number of hydrogen-bond donors (Lipinski definition) is 0. The van der Waals surface area contributed by atoms with Crippen molar-refractivity contribution >= 4 is 7.82 Å². The molecule has 5 nitrogen and oxygen atoms in total. The van der Waals surface area contributed by atoms with E-state index in [1.54, 1.807) is 0 Å². The van der Waals surface area contributed by atoms with Crippen LogP contribution in [0.1, 0.15) is 12.8 Å². The second-order valence-corrected chi connectivity index (χ2v) is 6.10. The molecule has 3 atom stereocenters. The summed E-state index contributed by atoms with van der Waals surface area (Å²) in [6.07, 6.45) is 1.75. The molecule has 2 heterocycles. The number of quaternary nitrogens is 1. The standard InChI is InChI=1S/C8H17NO4P/c1-9(2)6-4-5-7-8(9)13-14(10,11-3)12-7/h7-8H,4-6H2,1-3H3/q+1. The Morgan fingerprint density at radius 1 is 1.43 bits per heavy atom. The number of likely N-dealkylation sites (N-methyl/N-ethyl adjacent to an activating group) is 1. The van der Waals surface area contributed by atoms with Crippen molar-refractivity contribution in [3.63, 3.8) is 0 Å². The average Bonchev–Trinajstić information content (AvgIpc) is 2.45. The van der Waals surface area contributed by atoms with E-state index >= 15 is 0 Å². The first-order chi connectivity index (χ1) is 6.47. The summed E-state index contributed by atoms with van der Waals surface area (Å²) >= 11 is 0. The molecule has 6 heteroatoms. The molecule has 82 valence electrons. The molecule has 0 aromatic carbocycles. The largest absolute Gasteiger partial charge is 0.479 e. The first kappa shape index (κ1) is 10.6. The molecule has 2 aliphatic heterocycles. The minimum Gasteiger partial charge on any atom is -0.301 e. The molecule has 2 rings (SSSR count). The number of likely N-dealkylation sites (tertiary alicyclic amines) is 1. The van der Waals surface area contributed by atoms with E-state index in [2.05, 4.69) is 14.1 Å². The second-order valence-electron chi connectivity index (χ2n) is 4.41. The first-order valence-electron chi connectivity index (χ1n) is 4.82. The number of phosphoric ester groups is 1. The molecule has 0 amide bonds. The van der Waals surface area contributed by atoms with Gasteiger partial charge in [-0.1, -0.05) is 0 Å². The van der Waals surface area contributed by atoms with Gasteiger partial charge in [-0.3, -0.25) is 9.05 Å². The Bertz CT molecular complexity index is 281. The van der Waals surface area contributed by atoms with Gasteiger partial charge in [-0.25, -0.2) is 9.09 Å². The van der Waals surface area contributed by atoms with Crippen LogP contribution in [0.25, 0.3) is 0 Å². The van der Waals surface area contributed by atoms with E-state index in [1.807, 2.05) is 0 Å². The van der Waals surface area contributed by atoms with Crippen molar-refractivity contribution in [2.45, 2.75) is 25.2 Å². The van der Waals surface area contributed by atoms with Crippen LogP contribution in [0.5, 0.6) is 0 Å². The van der Waals surface area contributed by atoms with Crippen molar-refractivity contribution < 1.29 is 22.6 Å². The van der Waals surface area contributed by atoms with Gasteiger partial charge >= 0.3 is 7.82 Å². The number of rotatable bonds is 1. The third kappa shape index (κ3) is 1.64. The van der Waals surface area contributed by atoms with Crippen LogP contribution in [-0.4, -0.2) is 44.6 Å². The Labute approximate surface area is 84.1 Å². The van der Waals surface area contributed by atoms with E-state index in [0.717, 1.165) is 19.4 Å². The van der Waals surface area contributed by atoms with Crippen LogP contribution in [-0.2, 0) is 18.1 Å². The van der Waals surface area contributed by atoms with Crippen molar-refractivity contribution in [2.24, 2.45) is 0 Å².